The summed E-state index contributed by atoms with van der Waals surface area (Å²) in [5.41, 5.74) is 3.62. The molecule has 0 heterocycles. The molecule has 0 radical (unpaired) electrons. The van der Waals surface area contributed by atoms with E-state index in [1.165, 1.54) is 0 Å². The molecule has 0 bridgehead atoms. The average Bonchev–Trinajstić information content (AvgIpc) is 2.53. The Labute approximate surface area is 135 Å². The topological polar surface area (TPSA) is 95.5 Å². The van der Waals surface area contributed by atoms with Gasteiger partial charge in [-0.1, -0.05) is 54.6 Å². The van der Waals surface area contributed by atoms with Crippen molar-refractivity contribution in [2.45, 2.75) is 6.42 Å². The van der Waals surface area contributed by atoms with Crippen LogP contribution in [-0.2, 0) is 4.29 Å². The molecule has 1 aliphatic carbocycles. The second-order valence-corrected chi connectivity index (χ2v) is 5.99. The normalized spacial score (nSPS) is 13.5. The van der Waals surface area contributed by atoms with E-state index in [1.807, 2.05) is 24.3 Å². The molecule has 2 aromatic rings. The van der Waals surface area contributed by atoms with Crippen LogP contribution >= 0.6 is 0 Å². The van der Waals surface area contributed by atoms with Crippen molar-refractivity contribution in [2.24, 2.45) is 0 Å². The first-order valence-electron chi connectivity index (χ1n) is 6.96. The lowest BCUT2D eigenvalue weighted by Gasteiger charge is -2.21. The largest absolute Gasteiger partial charge is 0.289 e. The van der Waals surface area contributed by atoms with Gasteiger partial charge in [0, 0.05) is 17.5 Å². The molecule has 0 N–H and O–H groups in total. The van der Waals surface area contributed by atoms with Gasteiger partial charge in [0.1, 0.15) is 0 Å². The Morgan fingerprint density at radius 3 is 1.83 bits per heavy atom. The summed E-state index contributed by atoms with van der Waals surface area (Å²) in [5, 5.41) is 0. The smallest absolute Gasteiger partial charge is 0.207 e. The standard InChI is InChI=1S/C17H13ClO5/c19-17-15-8-3-1-6-13(15)12(10-5-11-23-18(20,21)22)14-7-2-4-9-16(14)17/h1-4,6-10H,5,11H2. The molecule has 1 aliphatic rings. The maximum absolute atomic E-state index is 12.5. The van der Waals surface area contributed by atoms with Crippen molar-refractivity contribution >= 4 is 11.4 Å². The van der Waals surface area contributed by atoms with E-state index in [1.54, 1.807) is 30.3 Å². The molecule has 5 nitrogen and oxygen atoms in total. The predicted molar refractivity (Wildman–Crippen MR) is 74.0 cm³/mol. The third kappa shape index (κ3) is 3.34. The summed E-state index contributed by atoms with van der Waals surface area (Å²) in [4.78, 5) is 12.5. The van der Waals surface area contributed by atoms with Gasteiger partial charge >= 0.3 is 0 Å². The van der Waals surface area contributed by atoms with Crippen molar-refractivity contribution < 1.29 is 33.3 Å². The Bertz CT molecular complexity index is 725. The Morgan fingerprint density at radius 1 is 0.870 bits per heavy atom. The summed E-state index contributed by atoms with van der Waals surface area (Å²) in [5.74, 6) is -0.0368. The van der Waals surface area contributed by atoms with E-state index in [-0.39, 0.29) is 18.8 Å². The number of carbonyl (C=O) groups is 1. The third-order valence-electron chi connectivity index (χ3n) is 3.60. The SMILES string of the molecule is O=C1c2ccccc2C(=CCCO[Cl+3]([O-])([O-])[O-])c2ccccc21. The molecule has 3 rings (SSSR count). The van der Waals surface area contributed by atoms with Gasteiger partial charge in [0.25, 0.3) is 0 Å². The average molecular weight is 333 g/mol. The summed E-state index contributed by atoms with van der Waals surface area (Å²) >= 11 is 0. The van der Waals surface area contributed by atoms with Crippen LogP contribution in [0.4, 0.5) is 0 Å². The minimum absolute atomic E-state index is 0.0368. The van der Waals surface area contributed by atoms with Crippen LogP contribution in [0.3, 0.4) is 0 Å². The van der Waals surface area contributed by atoms with Gasteiger partial charge < -0.3 is 0 Å². The molecule has 118 valence electrons. The van der Waals surface area contributed by atoms with E-state index in [0.717, 1.165) is 16.7 Å². The molecule has 0 saturated carbocycles. The van der Waals surface area contributed by atoms with Crippen LogP contribution in [0.2, 0.25) is 0 Å². The summed E-state index contributed by atoms with van der Waals surface area (Å²) in [6.45, 7) is -0.241. The molecule has 0 fully saturated rings. The molecule has 6 heteroatoms. The number of rotatable bonds is 4. The van der Waals surface area contributed by atoms with Crippen molar-refractivity contribution in [3.05, 3.63) is 76.9 Å². The minimum Gasteiger partial charge on any atom is -0.289 e. The fourth-order valence-corrected chi connectivity index (χ4v) is 2.96. The molecule has 0 aromatic heterocycles. The van der Waals surface area contributed by atoms with Crippen LogP contribution < -0.4 is 14.0 Å². The number of hydrogen-bond donors (Lipinski definition) is 0. The molecule has 0 amide bonds. The highest BCUT2D eigenvalue weighted by atomic mass is 35.7. The number of benzene rings is 2. The van der Waals surface area contributed by atoms with Crippen LogP contribution in [-0.4, -0.2) is 12.4 Å². The van der Waals surface area contributed by atoms with E-state index in [0.29, 0.717) is 11.1 Å². The number of carbonyl (C=O) groups excluding carboxylic acids is 1. The zero-order chi connectivity index (χ0) is 16.4. The van der Waals surface area contributed by atoms with Crippen molar-refractivity contribution in [1.82, 2.24) is 0 Å². The van der Waals surface area contributed by atoms with Gasteiger partial charge in [0.2, 0.25) is 6.61 Å². The second kappa shape index (κ2) is 6.23. The number of halogens is 1. The summed E-state index contributed by atoms with van der Waals surface area (Å²) in [6, 6.07) is 14.5. The summed E-state index contributed by atoms with van der Waals surface area (Å²) in [6.07, 6.45) is 2.02. The van der Waals surface area contributed by atoms with Crippen molar-refractivity contribution in [2.75, 3.05) is 6.61 Å². The highest BCUT2D eigenvalue weighted by Gasteiger charge is 2.26. The van der Waals surface area contributed by atoms with Crippen LogP contribution in [0.1, 0.15) is 33.5 Å². The minimum atomic E-state index is -4.42. The van der Waals surface area contributed by atoms with E-state index >= 15 is 0 Å². The summed E-state index contributed by atoms with van der Waals surface area (Å²) < 4.78 is 35.5. The van der Waals surface area contributed by atoms with Gasteiger partial charge in [-0.3, -0.25) is 4.79 Å². The maximum atomic E-state index is 12.5. The molecule has 0 unspecified atom stereocenters. The number of ketones is 1. The lowest BCUT2D eigenvalue weighted by Crippen LogP contribution is -2.61. The van der Waals surface area contributed by atoms with Gasteiger partial charge in [-0.15, -0.1) is 0 Å². The van der Waals surface area contributed by atoms with E-state index in [4.69, 9.17) is 0 Å². The van der Waals surface area contributed by atoms with Gasteiger partial charge in [-0.2, -0.15) is 14.0 Å². The molecule has 23 heavy (non-hydrogen) atoms. The highest BCUT2D eigenvalue weighted by molar-refractivity contribution is 6.18. The van der Waals surface area contributed by atoms with Crippen molar-refractivity contribution in [3.63, 3.8) is 0 Å². The first kappa shape index (κ1) is 15.9. The summed E-state index contributed by atoms with van der Waals surface area (Å²) in [7, 11) is -4.42. The molecule has 0 aliphatic heterocycles. The zero-order valence-electron chi connectivity index (χ0n) is 12.0. The van der Waals surface area contributed by atoms with E-state index in [2.05, 4.69) is 4.29 Å². The molecular formula is C17H13ClO5. The fourth-order valence-electron chi connectivity index (χ4n) is 2.68. The first-order valence-corrected chi connectivity index (χ1v) is 8.20. The zero-order valence-corrected chi connectivity index (χ0v) is 12.8. The lowest BCUT2D eigenvalue weighted by atomic mass is 9.81. The molecule has 2 aromatic carbocycles. The highest BCUT2D eigenvalue weighted by Crippen LogP contribution is 2.35. The lowest BCUT2D eigenvalue weighted by molar-refractivity contribution is -1.92. The molecular weight excluding hydrogens is 320 g/mol. The van der Waals surface area contributed by atoms with Gasteiger partial charge in [0.15, 0.2) is 5.78 Å². The first-order chi connectivity index (χ1) is 11.0. The van der Waals surface area contributed by atoms with Gasteiger partial charge in [0.05, 0.1) is 14.5 Å². The quantitative estimate of drug-likeness (QED) is 0.625. The number of fused-ring (bicyclic) bond motifs is 2. The van der Waals surface area contributed by atoms with Crippen LogP contribution in [0.15, 0.2) is 54.6 Å². The monoisotopic (exact) mass is 332 g/mol. The molecule has 0 atom stereocenters. The van der Waals surface area contributed by atoms with Crippen LogP contribution in [0.25, 0.3) is 5.57 Å². The van der Waals surface area contributed by atoms with Crippen LogP contribution in [0, 0.1) is 10.2 Å². The maximum Gasteiger partial charge on any atom is 0.207 e. The van der Waals surface area contributed by atoms with Crippen molar-refractivity contribution in [3.8, 4) is 0 Å². The Hall–Kier alpha value is -2.02. The van der Waals surface area contributed by atoms with E-state index < -0.39 is 10.2 Å². The van der Waals surface area contributed by atoms with Crippen LogP contribution in [0.5, 0.6) is 0 Å². The Balaban J connectivity index is 1.97. The molecule has 0 saturated heterocycles. The number of hydrogen-bond acceptors (Lipinski definition) is 5. The Kier molecular flexibility index (Phi) is 4.30. The second-order valence-electron chi connectivity index (χ2n) is 5.02. The predicted octanol–water partition coefficient (Wildman–Crippen LogP) is -0.0333. The molecule has 0 spiro atoms. The van der Waals surface area contributed by atoms with E-state index in [9.17, 15) is 18.8 Å². The van der Waals surface area contributed by atoms with Gasteiger partial charge in [-0.05, 0) is 16.7 Å². The van der Waals surface area contributed by atoms with Crippen molar-refractivity contribution in [1.29, 1.82) is 0 Å². The van der Waals surface area contributed by atoms with Gasteiger partial charge in [-0.25, -0.2) is 0 Å². The Morgan fingerprint density at radius 2 is 1.35 bits per heavy atom. The third-order valence-corrected chi connectivity index (χ3v) is 4.02. The fraction of sp³-hybridized carbons (Fsp3) is 0.118.